The number of tetrazole rings is 1. The molecule has 2 aliphatic rings. The first-order valence-electron chi connectivity index (χ1n) is 8.24. The minimum Gasteiger partial charge on any atom is -0.311 e. The predicted octanol–water partition coefficient (Wildman–Crippen LogP) is 1.20. The van der Waals surface area contributed by atoms with Gasteiger partial charge in [0, 0.05) is 24.7 Å². The van der Waals surface area contributed by atoms with Gasteiger partial charge in [-0.1, -0.05) is 20.3 Å². The summed E-state index contributed by atoms with van der Waals surface area (Å²) in [7, 11) is 1.83. The highest BCUT2D eigenvalue weighted by Gasteiger charge is 2.48. The van der Waals surface area contributed by atoms with Crippen LogP contribution in [0.5, 0.6) is 0 Å². The topological polar surface area (TPSA) is 58.9 Å². The van der Waals surface area contributed by atoms with Crippen LogP contribution in [0, 0.1) is 11.8 Å². The van der Waals surface area contributed by atoms with E-state index in [4.69, 9.17) is 0 Å². The summed E-state index contributed by atoms with van der Waals surface area (Å²) < 4.78 is 0. The van der Waals surface area contributed by atoms with E-state index >= 15 is 0 Å². The van der Waals surface area contributed by atoms with Gasteiger partial charge in [0.15, 0.2) is 5.82 Å². The minimum absolute atomic E-state index is 0.239. The molecule has 6 nitrogen and oxygen atoms in total. The van der Waals surface area contributed by atoms with Crippen LogP contribution in [-0.4, -0.2) is 49.8 Å². The van der Waals surface area contributed by atoms with Gasteiger partial charge in [0.2, 0.25) is 0 Å². The van der Waals surface area contributed by atoms with Crippen LogP contribution in [0.15, 0.2) is 0 Å². The molecule has 3 rings (SSSR count). The molecule has 2 fully saturated rings. The molecular weight excluding hydrogens is 264 g/mol. The number of aromatic nitrogens is 4. The van der Waals surface area contributed by atoms with Crippen molar-refractivity contribution >= 4 is 0 Å². The van der Waals surface area contributed by atoms with Crippen LogP contribution in [0.2, 0.25) is 0 Å². The maximum atomic E-state index is 4.37. The Balaban J connectivity index is 1.76. The summed E-state index contributed by atoms with van der Waals surface area (Å²) in [5.74, 6) is 2.36. The highest BCUT2D eigenvalue weighted by molar-refractivity contribution is 5.06. The Labute approximate surface area is 127 Å². The van der Waals surface area contributed by atoms with Gasteiger partial charge in [-0.2, -0.15) is 4.80 Å². The number of piperazine rings is 1. The van der Waals surface area contributed by atoms with E-state index in [0.717, 1.165) is 31.4 Å². The van der Waals surface area contributed by atoms with Crippen molar-refractivity contribution < 1.29 is 0 Å². The van der Waals surface area contributed by atoms with Crippen LogP contribution in [0.1, 0.15) is 45.9 Å². The van der Waals surface area contributed by atoms with Crippen molar-refractivity contribution in [2.45, 2.75) is 58.2 Å². The van der Waals surface area contributed by atoms with E-state index in [2.05, 4.69) is 46.4 Å². The molecule has 118 valence electrons. The van der Waals surface area contributed by atoms with E-state index in [0.29, 0.717) is 12.0 Å². The number of rotatable bonds is 5. The molecule has 21 heavy (non-hydrogen) atoms. The molecule has 0 aromatic carbocycles. The lowest BCUT2D eigenvalue weighted by molar-refractivity contribution is 0.0146. The quantitative estimate of drug-likeness (QED) is 0.883. The fourth-order valence-electron chi connectivity index (χ4n) is 3.54. The second-order valence-electron chi connectivity index (χ2n) is 7.08. The Bertz CT molecular complexity index is 482. The van der Waals surface area contributed by atoms with Crippen LogP contribution in [0.3, 0.4) is 0 Å². The molecule has 6 heteroatoms. The lowest BCUT2D eigenvalue weighted by Gasteiger charge is -2.49. The van der Waals surface area contributed by atoms with Gasteiger partial charge in [-0.3, -0.25) is 4.90 Å². The zero-order valence-electron chi connectivity index (χ0n) is 13.7. The molecule has 0 bridgehead atoms. The normalized spacial score (nSPS) is 32.3. The van der Waals surface area contributed by atoms with Gasteiger partial charge in [0.1, 0.15) is 0 Å². The average molecular weight is 292 g/mol. The summed E-state index contributed by atoms with van der Waals surface area (Å²) in [6.45, 7) is 10.00. The van der Waals surface area contributed by atoms with Gasteiger partial charge in [-0.05, 0) is 36.8 Å². The van der Waals surface area contributed by atoms with E-state index < -0.39 is 0 Å². The SMILES string of the molecule is CCC(C)C1CN(Cc2nnn(C)n2)C(C)(C2CC2)CN1. The van der Waals surface area contributed by atoms with E-state index in [9.17, 15) is 0 Å². The largest absolute Gasteiger partial charge is 0.311 e. The zero-order valence-corrected chi connectivity index (χ0v) is 13.7. The lowest BCUT2D eigenvalue weighted by atomic mass is 9.86. The highest BCUT2D eigenvalue weighted by atomic mass is 15.6. The lowest BCUT2D eigenvalue weighted by Crippen LogP contribution is -2.65. The monoisotopic (exact) mass is 292 g/mol. The molecule has 0 radical (unpaired) electrons. The van der Waals surface area contributed by atoms with Crippen molar-refractivity contribution in [3.05, 3.63) is 5.82 Å². The number of aryl methyl sites for hydroxylation is 1. The van der Waals surface area contributed by atoms with Crippen molar-refractivity contribution in [2.24, 2.45) is 18.9 Å². The zero-order chi connectivity index (χ0) is 15.0. The fraction of sp³-hybridized carbons (Fsp3) is 0.933. The Morgan fingerprint density at radius 2 is 2.19 bits per heavy atom. The first-order valence-corrected chi connectivity index (χ1v) is 8.24. The summed E-state index contributed by atoms with van der Waals surface area (Å²) >= 11 is 0. The molecule has 1 aromatic rings. The molecule has 3 unspecified atom stereocenters. The second-order valence-corrected chi connectivity index (χ2v) is 7.08. The summed E-state index contributed by atoms with van der Waals surface area (Å²) in [6.07, 6.45) is 3.93. The first-order chi connectivity index (χ1) is 10.0. The van der Waals surface area contributed by atoms with Gasteiger partial charge in [0.25, 0.3) is 0 Å². The predicted molar refractivity (Wildman–Crippen MR) is 81.6 cm³/mol. The van der Waals surface area contributed by atoms with Crippen molar-refractivity contribution in [3.63, 3.8) is 0 Å². The van der Waals surface area contributed by atoms with Crippen molar-refractivity contribution in [1.29, 1.82) is 0 Å². The molecule has 0 amide bonds. The molecule has 2 heterocycles. The molecule has 3 atom stereocenters. The molecule has 1 saturated carbocycles. The van der Waals surface area contributed by atoms with Gasteiger partial charge in [-0.25, -0.2) is 0 Å². The Morgan fingerprint density at radius 3 is 2.76 bits per heavy atom. The summed E-state index contributed by atoms with van der Waals surface area (Å²) in [4.78, 5) is 4.16. The Morgan fingerprint density at radius 1 is 1.43 bits per heavy atom. The summed E-state index contributed by atoms with van der Waals surface area (Å²) in [5.41, 5.74) is 0.239. The summed E-state index contributed by atoms with van der Waals surface area (Å²) in [6, 6.07) is 0.568. The minimum atomic E-state index is 0.239. The van der Waals surface area contributed by atoms with Gasteiger partial charge in [0.05, 0.1) is 13.6 Å². The van der Waals surface area contributed by atoms with Crippen LogP contribution < -0.4 is 5.32 Å². The molecule has 1 aromatic heterocycles. The maximum Gasteiger partial charge on any atom is 0.188 e. The number of nitrogens with zero attached hydrogens (tertiary/aromatic N) is 5. The molecule has 1 N–H and O–H groups in total. The smallest absolute Gasteiger partial charge is 0.188 e. The molecule has 1 saturated heterocycles. The van der Waals surface area contributed by atoms with Crippen molar-refractivity contribution in [1.82, 2.24) is 30.4 Å². The van der Waals surface area contributed by atoms with Crippen molar-refractivity contribution in [2.75, 3.05) is 13.1 Å². The molecular formula is C15H28N6. The van der Waals surface area contributed by atoms with Gasteiger partial charge in [-0.15, -0.1) is 10.2 Å². The highest BCUT2D eigenvalue weighted by Crippen LogP contribution is 2.44. The van der Waals surface area contributed by atoms with Crippen LogP contribution >= 0.6 is 0 Å². The summed E-state index contributed by atoms with van der Waals surface area (Å²) in [5, 5.41) is 16.3. The average Bonchev–Trinajstić information content (AvgIpc) is 3.25. The fourth-order valence-corrected chi connectivity index (χ4v) is 3.54. The first kappa shape index (κ1) is 14.9. The van der Waals surface area contributed by atoms with E-state index in [-0.39, 0.29) is 5.54 Å². The van der Waals surface area contributed by atoms with E-state index in [1.165, 1.54) is 19.3 Å². The molecule has 0 spiro atoms. The molecule has 1 aliphatic heterocycles. The number of hydrogen-bond donors (Lipinski definition) is 1. The van der Waals surface area contributed by atoms with Crippen LogP contribution in [0.4, 0.5) is 0 Å². The third kappa shape index (κ3) is 2.97. The van der Waals surface area contributed by atoms with Crippen LogP contribution in [0.25, 0.3) is 0 Å². The van der Waals surface area contributed by atoms with Crippen molar-refractivity contribution in [3.8, 4) is 0 Å². The Hall–Kier alpha value is -1.01. The van der Waals surface area contributed by atoms with Gasteiger partial charge < -0.3 is 5.32 Å². The third-order valence-corrected chi connectivity index (χ3v) is 5.53. The maximum absolute atomic E-state index is 4.37. The van der Waals surface area contributed by atoms with Crippen LogP contribution in [-0.2, 0) is 13.6 Å². The Kier molecular flexibility index (Phi) is 4.01. The van der Waals surface area contributed by atoms with E-state index in [1.54, 1.807) is 4.80 Å². The standard InChI is InChI=1S/C15H28N6/c1-5-11(2)13-8-21(9-14-17-19-20(4)18-14)15(3,10-16-13)12-6-7-12/h11-13,16H,5-10H2,1-4H3. The second kappa shape index (κ2) is 5.65. The number of hydrogen-bond acceptors (Lipinski definition) is 5. The third-order valence-electron chi connectivity index (χ3n) is 5.53. The molecule has 1 aliphatic carbocycles. The van der Waals surface area contributed by atoms with Gasteiger partial charge >= 0.3 is 0 Å². The number of nitrogens with one attached hydrogen (secondary N) is 1. The van der Waals surface area contributed by atoms with E-state index in [1.807, 2.05) is 7.05 Å².